The summed E-state index contributed by atoms with van der Waals surface area (Å²) in [6.07, 6.45) is 3.04. The van der Waals surface area contributed by atoms with Gasteiger partial charge in [0.15, 0.2) is 10.9 Å². The van der Waals surface area contributed by atoms with Crippen LogP contribution in [0.1, 0.15) is 22.8 Å². The van der Waals surface area contributed by atoms with E-state index < -0.39 is 0 Å². The Bertz CT molecular complexity index is 801. The van der Waals surface area contributed by atoms with Crippen molar-refractivity contribution in [2.45, 2.75) is 6.92 Å². The van der Waals surface area contributed by atoms with Gasteiger partial charge in [-0.25, -0.2) is 0 Å². The van der Waals surface area contributed by atoms with E-state index in [1.807, 2.05) is 0 Å². The summed E-state index contributed by atoms with van der Waals surface area (Å²) in [5, 5.41) is 6.20. The molecule has 0 radical (unpaired) electrons. The van der Waals surface area contributed by atoms with E-state index in [9.17, 15) is 9.59 Å². The van der Waals surface area contributed by atoms with E-state index in [1.54, 1.807) is 54.6 Å². The Labute approximate surface area is 150 Å². The molecule has 0 saturated heterocycles. The van der Waals surface area contributed by atoms with E-state index in [-0.39, 0.29) is 16.8 Å². The molecule has 6 heteroatoms. The van der Waals surface area contributed by atoms with Crippen molar-refractivity contribution in [1.82, 2.24) is 5.32 Å². The highest BCUT2D eigenvalue weighted by Crippen LogP contribution is 2.12. The Kier molecular flexibility index (Phi) is 6.23. The number of benzene rings is 2. The van der Waals surface area contributed by atoms with E-state index in [0.29, 0.717) is 16.3 Å². The fourth-order valence-corrected chi connectivity index (χ4v) is 2.22. The van der Waals surface area contributed by atoms with Gasteiger partial charge in [0.25, 0.3) is 0 Å². The number of anilines is 1. The van der Waals surface area contributed by atoms with Gasteiger partial charge < -0.3 is 5.32 Å². The first-order valence-corrected chi connectivity index (χ1v) is 7.89. The summed E-state index contributed by atoms with van der Waals surface area (Å²) >= 11 is 10.9. The third-order valence-corrected chi connectivity index (χ3v) is 3.52. The smallest absolute Gasteiger partial charge is 0.250 e. The van der Waals surface area contributed by atoms with E-state index in [2.05, 4.69) is 10.6 Å². The minimum atomic E-state index is -0.356. The highest BCUT2D eigenvalue weighted by molar-refractivity contribution is 7.80. The summed E-state index contributed by atoms with van der Waals surface area (Å²) in [6, 6.07) is 14.0. The molecule has 2 aromatic rings. The summed E-state index contributed by atoms with van der Waals surface area (Å²) in [7, 11) is 0. The summed E-state index contributed by atoms with van der Waals surface area (Å²) in [6.45, 7) is 1.49. The van der Waals surface area contributed by atoms with Gasteiger partial charge in [0.1, 0.15) is 0 Å². The average molecular weight is 359 g/mol. The first-order valence-electron chi connectivity index (χ1n) is 7.10. The van der Waals surface area contributed by atoms with Gasteiger partial charge >= 0.3 is 0 Å². The maximum atomic E-state index is 11.9. The fraction of sp³-hybridized carbons (Fsp3) is 0.0556. The molecule has 0 bridgehead atoms. The molecular weight excluding hydrogens is 344 g/mol. The maximum Gasteiger partial charge on any atom is 0.250 e. The van der Waals surface area contributed by atoms with Crippen molar-refractivity contribution in [3.8, 4) is 0 Å². The number of ketones is 1. The monoisotopic (exact) mass is 358 g/mol. The molecule has 0 saturated carbocycles. The average Bonchev–Trinajstić information content (AvgIpc) is 2.54. The van der Waals surface area contributed by atoms with Crippen LogP contribution < -0.4 is 10.6 Å². The summed E-state index contributed by atoms with van der Waals surface area (Å²) < 4.78 is 0. The number of carbonyl (C=O) groups is 2. The number of rotatable bonds is 4. The Morgan fingerprint density at radius 2 is 1.83 bits per heavy atom. The molecule has 0 heterocycles. The molecule has 0 fully saturated rings. The second-order valence-corrected chi connectivity index (χ2v) is 5.81. The minimum Gasteiger partial charge on any atom is -0.332 e. The van der Waals surface area contributed by atoms with Crippen molar-refractivity contribution in [3.05, 3.63) is 70.8 Å². The second-order valence-electron chi connectivity index (χ2n) is 4.97. The highest BCUT2D eigenvalue weighted by atomic mass is 35.5. The van der Waals surface area contributed by atoms with E-state index in [4.69, 9.17) is 23.8 Å². The van der Waals surface area contributed by atoms with Gasteiger partial charge in [-0.3, -0.25) is 14.9 Å². The van der Waals surface area contributed by atoms with Gasteiger partial charge in [-0.2, -0.15) is 0 Å². The van der Waals surface area contributed by atoms with Gasteiger partial charge in [-0.1, -0.05) is 35.9 Å². The highest BCUT2D eigenvalue weighted by Gasteiger charge is 2.04. The first kappa shape index (κ1) is 17.8. The van der Waals surface area contributed by atoms with Crippen LogP contribution in [0.15, 0.2) is 54.6 Å². The molecule has 0 aliphatic heterocycles. The second kappa shape index (κ2) is 8.38. The number of halogens is 1. The Balaban J connectivity index is 1.92. The molecular formula is C18H15ClN2O2S. The molecule has 1 amide bonds. The van der Waals surface area contributed by atoms with Crippen molar-refractivity contribution in [2.75, 3.05) is 5.32 Å². The molecule has 0 aromatic heterocycles. The van der Waals surface area contributed by atoms with Crippen LogP contribution in [0, 0.1) is 0 Å². The largest absolute Gasteiger partial charge is 0.332 e. The lowest BCUT2D eigenvalue weighted by atomic mass is 10.1. The number of carbonyl (C=O) groups excluding carboxylic acids is 2. The summed E-state index contributed by atoms with van der Waals surface area (Å²) in [4.78, 5) is 23.2. The zero-order valence-corrected chi connectivity index (χ0v) is 14.4. The topological polar surface area (TPSA) is 58.2 Å². The van der Waals surface area contributed by atoms with Crippen LogP contribution >= 0.6 is 23.8 Å². The lowest BCUT2D eigenvalue weighted by Crippen LogP contribution is -2.32. The van der Waals surface area contributed by atoms with Gasteiger partial charge in [0.05, 0.1) is 0 Å². The van der Waals surface area contributed by atoms with E-state index >= 15 is 0 Å². The first-order chi connectivity index (χ1) is 11.4. The molecule has 2 rings (SSSR count). The third kappa shape index (κ3) is 5.61. The van der Waals surface area contributed by atoms with Crippen LogP contribution in [0.3, 0.4) is 0 Å². The lowest BCUT2D eigenvalue weighted by Gasteiger charge is -2.08. The van der Waals surface area contributed by atoms with Crippen molar-refractivity contribution in [2.24, 2.45) is 0 Å². The molecule has 0 spiro atoms. The molecule has 24 heavy (non-hydrogen) atoms. The Morgan fingerprint density at radius 1 is 1.12 bits per heavy atom. The predicted octanol–water partition coefficient (Wildman–Crippen LogP) is 4.07. The predicted molar refractivity (Wildman–Crippen MR) is 101 cm³/mol. The molecule has 4 nitrogen and oxygen atoms in total. The van der Waals surface area contributed by atoms with Crippen LogP contribution in [0.4, 0.5) is 5.69 Å². The normalized spacial score (nSPS) is 10.4. The lowest BCUT2D eigenvalue weighted by molar-refractivity contribution is -0.115. The number of amides is 1. The summed E-state index contributed by atoms with van der Waals surface area (Å²) in [5.74, 6) is -0.398. The van der Waals surface area contributed by atoms with Crippen LogP contribution in [-0.2, 0) is 4.79 Å². The standard InChI is InChI=1S/C18H15ClN2O2S/c1-12(22)14-3-2-4-16(11-14)20-18(24)21-17(23)10-7-13-5-8-15(19)9-6-13/h2-11H,1H3,(H2,20,21,23,24). The van der Waals surface area contributed by atoms with Crippen molar-refractivity contribution in [3.63, 3.8) is 0 Å². The maximum absolute atomic E-state index is 11.9. The third-order valence-electron chi connectivity index (χ3n) is 3.06. The zero-order chi connectivity index (χ0) is 17.5. The van der Waals surface area contributed by atoms with Crippen molar-refractivity contribution < 1.29 is 9.59 Å². The van der Waals surface area contributed by atoms with Gasteiger partial charge in [0, 0.05) is 22.3 Å². The van der Waals surface area contributed by atoms with Gasteiger partial charge in [0.2, 0.25) is 5.91 Å². The van der Waals surface area contributed by atoms with Crippen molar-refractivity contribution >= 4 is 52.4 Å². The molecule has 2 N–H and O–H groups in total. The molecule has 0 aliphatic rings. The Morgan fingerprint density at radius 3 is 2.50 bits per heavy atom. The molecule has 0 atom stereocenters. The fourth-order valence-electron chi connectivity index (χ4n) is 1.88. The van der Waals surface area contributed by atoms with E-state index in [1.165, 1.54) is 13.0 Å². The number of hydrogen-bond donors (Lipinski definition) is 2. The molecule has 0 unspecified atom stereocenters. The summed E-state index contributed by atoms with van der Waals surface area (Å²) in [5.41, 5.74) is 2.05. The number of Topliss-reactive ketones (excluding diaryl/α,β-unsaturated/α-hetero) is 1. The van der Waals surface area contributed by atoms with E-state index in [0.717, 1.165) is 5.56 Å². The zero-order valence-electron chi connectivity index (χ0n) is 12.9. The van der Waals surface area contributed by atoms with Gasteiger partial charge in [-0.05, 0) is 55.0 Å². The Hall–Kier alpha value is -2.50. The van der Waals surface area contributed by atoms with Crippen molar-refractivity contribution in [1.29, 1.82) is 0 Å². The molecule has 2 aromatic carbocycles. The SMILES string of the molecule is CC(=O)c1cccc(NC(=S)NC(=O)C=Cc2ccc(Cl)cc2)c1. The van der Waals surface area contributed by atoms with Crippen LogP contribution in [-0.4, -0.2) is 16.8 Å². The quantitative estimate of drug-likeness (QED) is 0.491. The number of nitrogens with one attached hydrogen (secondary N) is 2. The minimum absolute atomic E-state index is 0.0421. The molecule has 122 valence electrons. The van der Waals surface area contributed by atoms with Crippen LogP contribution in [0.25, 0.3) is 6.08 Å². The van der Waals surface area contributed by atoms with Crippen LogP contribution in [0.5, 0.6) is 0 Å². The van der Waals surface area contributed by atoms with Gasteiger partial charge in [-0.15, -0.1) is 0 Å². The number of hydrogen-bond acceptors (Lipinski definition) is 3. The van der Waals surface area contributed by atoms with Crippen LogP contribution in [0.2, 0.25) is 5.02 Å². The number of thiocarbonyl (C=S) groups is 1. The molecule has 0 aliphatic carbocycles.